The first-order valence-electron chi connectivity index (χ1n) is 6.93. The van der Waals surface area contributed by atoms with Crippen molar-refractivity contribution in [1.82, 2.24) is 0 Å². The number of rotatable bonds is 1. The van der Waals surface area contributed by atoms with E-state index in [-0.39, 0.29) is 11.3 Å². The molecular formula is C15H12Cl3FN2O. The first-order chi connectivity index (χ1) is 10.3. The number of carbonyl (C=O) groups is 1. The van der Waals surface area contributed by atoms with Crippen LogP contribution in [-0.4, -0.2) is 15.2 Å². The van der Waals surface area contributed by atoms with Crippen LogP contribution in [0.25, 0.3) is 0 Å². The normalized spacial score (nSPS) is 30.0. The van der Waals surface area contributed by atoms with Crippen LogP contribution in [0, 0.1) is 23.1 Å². The molecule has 7 heteroatoms. The van der Waals surface area contributed by atoms with E-state index >= 15 is 0 Å². The van der Waals surface area contributed by atoms with Gasteiger partial charge in [0.1, 0.15) is 10.7 Å². The summed E-state index contributed by atoms with van der Waals surface area (Å²) in [4.78, 5) is 12.6. The Kier molecular flexibility index (Phi) is 3.79. The number of halogens is 4. The molecule has 116 valence electrons. The molecule has 1 aliphatic heterocycles. The number of amides is 1. The van der Waals surface area contributed by atoms with Gasteiger partial charge in [0.15, 0.2) is 0 Å². The monoisotopic (exact) mass is 360 g/mol. The summed E-state index contributed by atoms with van der Waals surface area (Å²) in [6.45, 7) is 0. The van der Waals surface area contributed by atoms with Gasteiger partial charge in [0, 0.05) is 5.92 Å². The second kappa shape index (κ2) is 5.26. The van der Waals surface area contributed by atoms with E-state index in [9.17, 15) is 9.18 Å². The van der Waals surface area contributed by atoms with Crippen molar-refractivity contribution in [2.24, 2.45) is 5.92 Å². The maximum absolute atomic E-state index is 14.3. The van der Waals surface area contributed by atoms with Crippen LogP contribution in [-0.2, 0) is 4.79 Å². The predicted molar refractivity (Wildman–Crippen MR) is 83.6 cm³/mol. The first kappa shape index (κ1) is 15.9. The van der Waals surface area contributed by atoms with Crippen molar-refractivity contribution in [1.29, 1.82) is 5.26 Å². The van der Waals surface area contributed by atoms with Crippen molar-refractivity contribution in [2.75, 3.05) is 4.90 Å². The summed E-state index contributed by atoms with van der Waals surface area (Å²) < 4.78 is 12.7. The maximum atomic E-state index is 14.3. The number of alkyl halides is 3. The molecule has 1 amide bonds. The maximum Gasteiger partial charge on any atom is 0.251 e. The van der Waals surface area contributed by atoms with Crippen molar-refractivity contribution in [2.45, 2.75) is 35.0 Å². The van der Waals surface area contributed by atoms with Gasteiger partial charge in [0.25, 0.3) is 5.91 Å². The number of carbonyl (C=O) groups excluding carboxylic acids is 1. The van der Waals surface area contributed by atoms with Gasteiger partial charge in [0.05, 0.1) is 17.3 Å². The van der Waals surface area contributed by atoms with Crippen LogP contribution in [0.4, 0.5) is 10.1 Å². The zero-order valence-electron chi connectivity index (χ0n) is 11.5. The number of benzene rings is 1. The van der Waals surface area contributed by atoms with E-state index in [4.69, 9.17) is 40.1 Å². The molecule has 2 aliphatic rings. The Morgan fingerprint density at radius 3 is 2.64 bits per heavy atom. The molecule has 0 N–H and O–H groups in total. The van der Waals surface area contributed by atoms with Crippen LogP contribution in [0.2, 0.25) is 0 Å². The zero-order valence-corrected chi connectivity index (χ0v) is 13.7. The molecular weight excluding hydrogens is 350 g/mol. The van der Waals surface area contributed by atoms with Crippen LogP contribution >= 0.6 is 34.8 Å². The van der Waals surface area contributed by atoms with E-state index < -0.39 is 27.0 Å². The summed E-state index contributed by atoms with van der Waals surface area (Å²) in [6.07, 6.45) is 2.75. The van der Waals surface area contributed by atoms with Crippen molar-refractivity contribution in [3.8, 4) is 6.07 Å². The standard InChI is InChI=1S/C15H12Cl3FN2O/c16-14-6-2-1-3-12(14)15(17,18)21(13(14)22)11-5-4-9(8-20)7-10(11)19/h4-5,7,12H,1-3,6H2. The molecule has 0 radical (unpaired) electrons. The molecule has 1 aromatic carbocycles. The summed E-state index contributed by atoms with van der Waals surface area (Å²) in [6, 6.07) is 5.64. The van der Waals surface area contributed by atoms with E-state index in [0.29, 0.717) is 12.8 Å². The van der Waals surface area contributed by atoms with E-state index in [1.807, 2.05) is 6.07 Å². The third-order valence-electron chi connectivity index (χ3n) is 4.43. The van der Waals surface area contributed by atoms with Crippen LogP contribution in [0.15, 0.2) is 18.2 Å². The summed E-state index contributed by atoms with van der Waals surface area (Å²) in [5, 5.41) is 8.81. The van der Waals surface area contributed by atoms with Crippen molar-refractivity contribution >= 4 is 46.4 Å². The van der Waals surface area contributed by atoms with Crippen LogP contribution in [0.1, 0.15) is 31.2 Å². The lowest BCUT2D eigenvalue weighted by Gasteiger charge is -2.34. The summed E-state index contributed by atoms with van der Waals surface area (Å²) in [5.74, 6) is -1.68. The van der Waals surface area contributed by atoms with Gasteiger partial charge >= 0.3 is 0 Å². The summed E-state index contributed by atoms with van der Waals surface area (Å²) >= 11 is 19.4. The van der Waals surface area contributed by atoms with E-state index in [1.165, 1.54) is 12.1 Å². The van der Waals surface area contributed by atoms with Crippen molar-refractivity contribution < 1.29 is 9.18 Å². The van der Waals surface area contributed by atoms with E-state index in [2.05, 4.69) is 0 Å². The number of anilines is 1. The molecule has 22 heavy (non-hydrogen) atoms. The van der Waals surface area contributed by atoms with Gasteiger partial charge in [-0.25, -0.2) is 4.39 Å². The molecule has 2 unspecified atom stereocenters. The average molecular weight is 362 g/mol. The summed E-state index contributed by atoms with van der Waals surface area (Å²) in [5.41, 5.74) is 0.101. The average Bonchev–Trinajstić information content (AvgIpc) is 2.63. The molecule has 1 heterocycles. The van der Waals surface area contributed by atoms with Crippen LogP contribution in [0.5, 0.6) is 0 Å². The Hall–Kier alpha value is -1.02. The molecule has 1 saturated carbocycles. The molecule has 2 fully saturated rings. The lowest BCUT2D eigenvalue weighted by molar-refractivity contribution is -0.120. The fourth-order valence-corrected chi connectivity index (χ4v) is 4.87. The minimum Gasteiger partial charge on any atom is -0.275 e. The van der Waals surface area contributed by atoms with Gasteiger partial charge in [0.2, 0.25) is 4.46 Å². The molecule has 0 spiro atoms. The van der Waals surface area contributed by atoms with Gasteiger partial charge in [-0.1, -0.05) is 36.0 Å². The number of hydrogen-bond donors (Lipinski definition) is 0. The SMILES string of the molecule is N#Cc1ccc(N2C(=O)C3(Cl)CCCCC3C2(Cl)Cl)c(F)c1. The van der Waals surface area contributed by atoms with Crippen LogP contribution < -0.4 is 4.90 Å². The molecule has 3 rings (SSSR count). The number of fused-ring (bicyclic) bond motifs is 1. The number of nitriles is 1. The Balaban J connectivity index is 2.11. The number of hydrogen-bond acceptors (Lipinski definition) is 2. The van der Waals surface area contributed by atoms with Gasteiger partial charge in [-0.05, 0) is 31.0 Å². The zero-order chi connectivity index (χ0) is 16.1. The fourth-order valence-electron chi connectivity index (χ4n) is 3.34. The highest BCUT2D eigenvalue weighted by Crippen LogP contribution is 2.58. The number of nitrogens with zero attached hydrogens (tertiary/aromatic N) is 2. The lowest BCUT2D eigenvalue weighted by atomic mass is 9.80. The molecule has 0 aromatic heterocycles. The van der Waals surface area contributed by atoms with Gasteiger partial charge < -0.3 is 0 Å². The largest absolute Gasteiger partial charge is 0.275 e. The fraction of sp³-hybridized carbons (Fsp3) is 0.467. The molecule has 2 atom stereocenters. The third kappa shape index (κ3) is 2.11. The Bertz CT molecular complexity index is 688. The molecule has 3 nitrogen and oxygen atoms in total. The highest BCUT2D eigenvalue weighted by atomic mass is 35.5. The minimum atomic E-state index is -1.60. The highest BCUT2D eigenvalue weighted by Gasteiger charge is 2.66. The van der Waals surface area contributed by atoms with Crippen LogP contribution in [0.3, 0.4) is 0 Å². The van der Waals surface area contributed by atoms with Gasteiger partial charge in [-0.15, -0.1) is 11.6 Å². The Morgan fingerprint density at radius 2 is 2.05 bits per heavy atom. The smallest absolute Gasteiger partial charge is 0.251 e. The van der Waals surface area contributed by atoms with Crippen molar-refractivity contribution in [3.05, 3.63) is 29.6 Å². The first-order valence-corrected chi connectivity index (χ1v) is 8.07. The van der Waals surface area contributed by atoms with Gasteiger partial charge in [-0.2, -0.15) is 5.26 Å². The Labute approximate surface area is 142 Å². The minimum absolute atomic E-state index is 0.0524. The van der Waals surface area contributed by atoms with E-state index in [0.717, 1.165) is 23.8 Å². The molecule has 1 aliphatic carbocycles. The lowest BCUT2D eigenvalue weighted by Crippen LogP contribution is -2.40. The highest BCUT2D eigenvalue weighted by molar-refractivity contribution is 6.55. The second-order valence-electron chi connectivity index (χ2n) is 5.67. The molecule has 0 bridgehead atoms. The molecule has 1 aromatic rings. The molecule has 1 saturated heterocycles. The van der Waals surface area contributed by atoms with Crippen molar-refractivity contribution in [3.63, 3.8) is 0 Å². The summed E-state index contributed by atoms with van der Waals surface area (Å²) in [7, 11) is 0. The van der Waals surface area contributed by atoms with E-state index in [1.54, 1.807) is 0 Å². The second-order valence-corrected chi connectivity index (χ2v) is 7.69. The predicted octanol–water partition coefficient (Wildman–Crippen LogP) is 4.34. The third-order valence-corrected chi connectivity index (χ3v) is 5.91. The Morgan fingerprint density at radius 1 is 1.32 bits per heavy atom. The topological polar surface area (TPSA) is 44.1 Å². The van der Waals surface area contributed by atoms with Gasteiger partial charge in [-0.3, -0.25) is 9.69 Å². The quantitative estimate of drug-likeness (QED) is 0.551.